The molecular weight excluding hydrogens is 454 g/mol. The Kier molecular flexibility index (Phi) is 10.1. The molecule has 1 aromatic carbocycles. The molecule has 4 N–H and O–H groups in total. The highest BCUT2D eigenvalue weighted by molar-refractivity contribution is 14.0. The Morgan fingerprint density at radius 1 is 1.16 bits per heavy atom. The fraction of sp³-hybridized carbons (Fsp3) is 0.294. The summed E-state index contributed by atoms with van der Waals surface area (Å²) in [5.74, 6) is -0.0480. The molecule has 0 saturated carbocycles. The molecule has 1 aromatic heterocycles. The van der Waals surface area contributed by atoms with Crippen molar-refractivity contribution in [3.05, 3.63) is 58.0 Å². The summed E-state index contributed by atoms with van der Waals surface area (Å²) in [4.78, 5) is 17.3. The van der Waals surface area contributed by atoms with Gasteiger partial charge < -0.3 is 16.4 Å². The van der Waals surface area contributed by atoms with E-state index in [2.05, 4.69) is 21.7 Å². The van der Waals surface area contributed by atoms with E-state index in [0.717, 1.165) is 12.0 Å². The molecule has 0 spiro atoms. The second-order valence-electron chi connectivity index (χ2n) is 5.18. The molecule has 0 radical (unpaired) electrons. The van der Waals surface area contributed by atoms with Gasteiger partial charge in [0.1, 0.15) is 5.82 Å². The lowest BCUT2D eigenvalue weighted by Gasteiger charge is -2.07. The van der Waals surface area contributed by atoms with Gasteiger partial charge in [-0.1, -0.05) is 18.2 Å². The standard InChI is InChI=1S/C17H21FN4OS.HI/c18-14-5-3-13(4-6-14)12-16(23)20-9-10-22-17(19)21-8-7-15-2-1-11-24-15;/h1-6,11H,7-10,12H2,(H,20,23)(H3,19,21,22);1H. The van der Waals surface area contributed by atoms with Crippen LogP contribution >= 0.6 is 35.3 Å². The summed E-state index contributed by atoms with van der Waals surface area (Å²) in [6.45, 7) is 1.58. The molecule has 1 heterocycles. The van der Waals surface area contributed by atoms with Crippen molar-refractivity contribution in [3.8, 4) is 0 Å². The first kappa shape index (κ1) is 21.4. The highest BCUT2D eigenvalue weighted by atomic mass is 127. The molecule has 8 heteroatoms. The van der Waals surface area contributed by atoms with Gasteiger partial charge in [0, 0.05) is 30.9 Å². The summed E-state index contributed by atoms with van der Waals surface area (Å²) in [7, 11) is 0. The monoisotopic (exact) mass is 476 g/mol. The Labute approximate surface area is 167 Å². The maximum Gasteiger partial charge on any atom is 0.224 e. The molecular formula is C17H22FIN4OS. The second kappa shape index (κ2) is 11.8. The van der Waals surface area contributed by atoms with Crippen LogP contribution in [0, 0.1) is 5.82 Å². The molecule has 2 aromatic rings. The van der Waals surface area contributed by atoms with Gasteiger partial charge in [0.25, 0.3) is 0 Å². The number of rotatable bonds is 8. The van der Waals surface area contributed by atoms with Gasteiger partial charge in [-0.05, 0) is 29.1 Å². The van der Waals surface area contributed by atoms with Gasteiger partial charge in [-0.2, -0.15) is 0 Å². The van der Waals surface area contributed by atoms with Crippen LogP contribution in [0.5, 0.6) is 0 Å². The van der Waals surface area contributed by atoms with Crippen molar-refractivity contribution in [1.29, 1.82) is 0 Å². The zero-order valence-corrected chi connectivity index (χ0v) is 16.9. The van der Waals surface area contributed by atoms with Gasteiger partial charge >= 0.3 is 0 Å². The maximum atomic E-state index is 12.8. The zero-order chi connectivity index (χ0) is 17.2. The summed E-state index contributed by atoms with van der Waals surface area (Å²) in [6, 6.07) is 9.98. The van der Waals surface area contributed by atoms with Gasteiger partial charge in [0.05, 0.1) is 6.42 Å². The number of nitrogens with zero attached hydrogens (tertiary/aromatic N) is 1. The number of guanidine groups is 1. The van der Waals surface area contributed by atoms with Crippen LogP contribution in [0.15, 0.2) is 46.8 Å². The van der Waals surface area contributed by atoms with Crippen molar-refractivity contribution in [2.75, 3.05) is 19.6 Å². The summed E-state index contributed by atoms with van der Waals surface area (Å²) in [5.41, 5.74) is 6.54. The Hall–Kier alpha value is -1.68. The quantitative estimate of drug-likeness (QED) is 0.237. The minimum atomic E-state index is -0.308. The van der Waals surface area contributed by atoms with E-state index in [0.29, 0.717) is 25.6 Å². The van der Waals surface area contributed by atoms with Crippen molar-refractivity contribution >= 4 is 47.2 Å². The third kappa shape index (κ3) is 8.82. The van der Waals surface area contributed by atoms with Crippen LogP contribution in [0.4, 0.5) is 4.39 Å². The number of nitrogens with two attached hydrogens (primary N) is 1. The number of benzene rings is 1. The Morgan fingerprint density at radius 2 is 1.88 bits per heavy atom. The molecule has 0 saturated heterocycles. The fourth-order valence-corrected chi connectivity index (χ4v) is 2.74. The van der Waals surface area contributed by atoms with Crippen LogP contribution in [0.25, 0.3) is 0 Å². The van der Waals surface area contributed by atoms with E-state index in [-0.39, 0.29) is 42.1 Å². The summed E-state index contributed by atoms with van der Waals surface area (Å²) < 4.78 is 12.8. The van der Waals surface area contributed by atoms with E-state index in [1.165, 1.54) is 17.0 Å². The highest BCUT2D eigenvalue weighted by Crippen LogP contribution is 2.08. The molecule has 0 aliphatic carbocycles. The third-order valence-corrected chi connectivity index (χ3v) is 4.19. The molecule has 0 unspecified atom stereocenters. The number of halogens is 2. The van der Waals surface area contributed by atoms with E-state index in [9.17, 15) is 9.18 Å². The largest absolute Gasteiger partial charge is 0.370 e. The minimum absolute atomic E-state index is 0. The average Bonchev–Trinajstić information content (AvgIpc) is 3.07. The van der Waals surface area contributed by atoms with Gasteiger partial charge in [0.2, 0.25) is 5.91 Å². The Balaban J connectivity index is 0.00000312. The van der Waals surface area contributed by atoms with Gasteiger partial charge in [0.15, 0.2) is 5.96 Å². The molecule has 1 amide bonds. The average molecular weight is 476 g/mol. The topological polar surface area (TPSA) is 79.5 Å². The number of hydrogen-bond acceptors (Lipinski definition) is 3. The van der Waals surface area contributed by atoms with E-state index >= 15 is 0 Å². The van der Waals surface area contributed by atoms with Crippen LogP contribution in [0.1, 0.15) is 10.4 Å². The van der Waals surface area contributed by atoms with Crippen molar-refractivity contribution < 1.29 is 9.18 Å². The lowest BCUT2D eigenvalue weighted by Crippen LogP contribution is -2.38. The predicted molar refractivity (Wildman–Crippen MR) is 111 cm³/mol. The molecule has 136 valence electrons. The smallest absolute Gasteiger partial charge is 0.224 e. The van der Waals surface area contributed by atoms with Crippen LogP contribution in [-0.2, 0) is 17.6 Å². The lowest BCUT2D eigenvalue weighted by atomic mass is 10.1. The van der Waals surface area contributed by atoms with E-state index < -0.39 is 0 Å². The highest BCUT2D eigenvalue weighted by Gasteiger charge is 2.03. The Bertz CT molecular complexity index is 662. The second-order valence-corrected chi connectivity index (χ2v) is 6.21. The third-order valence-electron chi connectivity index (χ3n) is 3.25. The number of carbonyl (C=O) groups is 1. The van der Waals surface area contributed by atoms with E-state index in [4.69, 9.17) is 5.73 Å². The number of aliphatic imine (C=N–C) groups is 1. The van der Waals surface area contributed by atoms with E-state index in [1.807, 2.05) is 11.4 Å². The minimum Gasteiger partial charge on any atom is -0.370 e. The number of nitrogens with one attached hydrogen (secondary N) is 2. The molecule has 0 bridgehead atoms. The van der Waals surface area contributed by atoms with Gasteiger partial charge in [-0.3, -0.25) is 9.79 Å². The van der Waals surface area contributed by atoms with E-state index in [1.54, 1.807) is 23.5 Å². The van der Waals surface area contributed by atoms with Crippen molar-refractivity contribution in [2.24, 2.45) is 10.7 Å². The normalized spacial score (nSPS) is 10.8. The Morgan fingerprint density at radius 3 is 2.56 bits per heavy atom. The molecule has 0 aliphatic heterocycles. The summed E-state index contributed by atoms with van der Waals surface area (Å²) >= 11 is 1.70. The first-order valence-corrected chi connectivity index (χ1v) is 8.59. The molecule has 0 aliphatic rings. The molecule has 0 atom stereocenters. The first-order chi connectivity index (χ1) is 11.6. The number of carbonyl (C=O) groups excluding carboxylic acids is 1. The number of thiophene rings is 1. The summed E-state index contributed by atoms with van der Waals surface area (Å²) in [5, 5.41) is 7.77. The molecule has 0 fully saturated rings. The summed E-state index contributed by atoms with van der Waals surface area (Å²) in [6.07, 6.45) is 1.10. The van der Waals surface area contributed by atoms with Crippen LogP contribution < -0.4 is 16.4 Å². The molecule has 5 nitrogen and oxygen atoms in total. The van der Waals surface area contributed by atoms with Crippen molar-refractivity contribution in [1.82, 2.24) is 10.6 Å². The fourth-order valence-electron chi connectivity index (χ4n) is 2.04. The van der Waals surface area contributed by atoms with Crippen LogP contribution in [0.2, 0.25) is 0 Å². The lowest BCUT2D eigenvalue weighted by molar-refractivity contribution is -0.120. The van der Waals surface area contributed by atoms with Crippen molar-refractivity contribution in [2.45, 2.75) is 12.8 Å². The van der Waals surface area contributed by atoms with Gasteiger partial charge in [-0.25, -0.2) is 4.39 Å². The molecule has 2 rings (SSSR count). The SMILES string of the molecule is I.NC(=NCCc1cccs1)NCCNC(=O)Cc1ccc(F)cc1. The van der Waals surface area contributed by atoms with Crippen LogP contribution in [0.3, 0.4) is 0 Å². The number of amides is 1. The molecule has 25 heavy (non-hydrogen) atoms. The maximum absolute atomic E-state index is 12.8. The number of hydrogen-bond donors (Lipinski definition) is 3. The predicted octanol–water partition coefficient (Wildman–Crippen LogP) is 2.31. The first-order valence-electron chi connectivity index (χ1n) is 7.71. The van der Waals surface area contributed by atoms with Gasteiger partial charge in [-0.15, -0.1) is 35.3 Å². The zero-order valence-electron chi connectivity index (χ0n) is 13.7. The van der Waals surface area contributed by atoms with Crippen molar-refractivity contribution in [3.63, 3.8) is 0 Å². The van der Waals surface area contributed by atoms with Crippen LogP contribution in [-0.4, -0.2) is 31.5 Å².